The van der Waals surface area contributed by atoms with Crippen LogP contribution in [0, 0.1) is 13.8 Å². The second-order valence-corrected chi connectivity index (χ2v) is 8.50. The molecule has 1 fully saturated rings. The molecule has 1 aromatic carbocycles. The number of nitrogens with zero attached hydrogens (tertiary/aromatic N) is 4. The van der Waals surface area contributed by atoms with Crippen LogP contribution in [-0.2, 0) is 6.54 Å². The van der Waals surface area contributed by atoms with Crippen molar-refractivity contribution in [3.63, 3.8) is 0 Å². The van der Waals surface area contributed by atoms with Gasteiger partial charge in [-0.1, -0.05) is 0 Å². The van der Waals surface area contributed by atoms with E-state index >= 15 is 0 Å². The third-order valence-electron chi connectivity index (χ3n) is 5.95. The van der Waals surface area contributed by atoms with Gasteiger partial charge in [-0.15, -0.1) is 0 Å². The monoisotopic (exact) mass is 466 g/mol. The summed E-state index contributed by atoms with van der Waals surface area (Å²) in [6, 6.07) is 5.91. The molecule has 1 aliphatic heterocycles. The van der Waals surface area contributed by atoms with Gasteiger partial charge in [0.15, 0.2) is 11.5 Å². The largest absolute Gasteiger partial charge is 0.493 e. The van der Waals surface area contributed by atoms with Gasteiger partial charge >= 0.3 is 0 Å². The Kier molecular flexibility index (Phi) is 7.54. The van der Waals surface area contributed by atoms with Crippen molar-refractivity contribution < 1.29 is 14.2 Å². The molecule has 0 saturated carbocycles. The predicted molar refractivity (Wildman–Crippen MR) is 133 cm³/mol. The number of hydrogen-bond donors (Lipinski definition) is 2. The zero-order valence-corrected chi connectivity index (χ0v) is 20.6. The highest BCUT2D eigenvalue weighted by atomic mass is 16.5. The molecule has 9 heteroatoms. The van der Waals surface area contributed by atoms with Gasteiger partial charge in [0, 0.05) is 61.1 Å². The lowest BCUT2D eigenvalue weighted by atomic mass is 10.2. The number of benzene rings is 1. The predicted octanol–water partition coefficient (Wildman–Crippen LogP) is 3.45. The van der Waals surface area contributed by atoms with E-state index in [1.165, 1.54) is 11.3 Å². The Bertz CT molecular complexity index is 1100. The van der Waals surface area contributed by atoms with Crippen LogP contribution in [0.1, 0.15) is 23.2 Å². The summed E-state index contributed by atoms with van der Waals surface area (Å²) in [6.07, 6.45) is 5.15. The summed E-state index contributed by atoms with van der Waals surface area (Å²) in [4.78, 5) is 11.9. The summed E-state index contributed by atoms with van der Waals surface area (Å²) in [6.45, 7) is 9.28. The van der Waals surface area contributed by atoms with E-state index in [0.717, 1.165) is 56.2 Å². The topological polar surface area (TPSA) is 85.7 Å². The molecule has 182 valence electrons. The van der Waals surface area contributed by atoms with E-state index in [1.807, 2.05) is 25.3 Å². The Labute approximate surface area is 201 Å². The van der Waals surface area contributed by atoms with Crippen LogP contribution in [0.25, 0.3) is 5.82 Å². The molecule has 2 N–H and O–H groups in total. The maximum absolute atomic E-state index is 5.47. The fourth-order valence-corrected chi connectivity index (χ4v) is 4.28. The van der Waals surface area contributed by atoms with Crippen molar-refractivity contribution in [1.29, 1.82) is 0 Å². The maximum Gasteiger partial charge on any atom is 0.229 e. The van der Waals surface area contributed by atoms with Crippen LogP contribution < -0.4 is 24.8 Å². The highest BCUT2D eigenvalue weighted by Gasteiger charge is 2.17. The van der Waals surface area contributed by atoms with Crippen molar-refractivity contribution in [3.05, 3.63) is 47.4 Å². The van der Waals surface area contributed by atoms with Crippen molar-refractivity contribution in [2.24, 2.45) is 0 Å². The molecule has 2 aromatic heterocycles. The summed E-state index contributed by atoms with van der Waals surface area (Å²) in [5.41, 5.74) is 4.18. The number of anilines is 2. The van der Waals surface area contributed by atoms with Gasteiger partial charge in [-0.2, -0.15) is 4.98 Å². The van der Waals surface area contributed by atoms with Gasteiger partial charge in [-0.05, 0) is 45.0 Å². The van der Waals surface area contributed by atoms with Gasteiger partial charge in [0.1, 0.15) is 5.82 Å². The summed E-state index contributed by atoms with van der Waals surface area (Å²) in [5, 5.41) is 6.76. The molecular weight excluding hydrogens is 432 g/mol. The molecule has 3 heterocycles. The zero-order chi connectivity index (χ0) is 24.1. The fraction of sp³-hybridized carbons (Fsp3) is 0.440. The highest BCUT2D eigenvalue weighted by molar-refractivity contribution is 5.66. The van der Waals surface area contributed by atoms with Gasteiger partial charge in [0.05, 0.1) is 21.3 Å². The summed E-state index contributed by atoms with van der Waals surface area (Å²) >= 11 is 0. The number of aromatic nitrogens is 3. The maximum atomic E-state index is 5.47. The minimum Gasteiger partial charge on any atom is -0.493 e. The molecule has 0 atom stereocenters. The molecule has 0 amide bonds. The first-order valence-corrected chi connectivity index (χ1v) is 11.5. The van der Waals surface area contributed by atoms with E-state index in [0.29, 0.717) is 23.2 Å². The molecule has 0 aliphatic carbocycles. The first kappa shape index (κ1) is 23.8. The van der Waals surface area contributed by atoms with E-state index in [-0.39, 0.29) is 0 Å². The van der Waals surface area contributed by atoms with Crippen molar-refractivity contribution in [2.45, 2.75) is 26.8 Å². The van der Waals surface area contributed by atoms with Crippen LogP contribution in [0.3, 0.4) is 0 Å². The lowest BCUT2D eigenvalue weighted by Gasteiger charge is -2.21. The molecule has 0 unspecified atom stereocenters. The Morgan fingerprint density at radius 3 is 2.47 bits per heavy atom. The molecule has 0 spiro atoms. The number of hydrogen-bond acceptors (Lipinski definition) is 8. The molecule has 0 bridgehead atoms. The Morgan fingerprint density at radius 2 is 1.76 bits per heavy atom. The van der Waals surface area contributed by atoms with Crippen LogP contribution in [-0.4, -0.2) is 66.9 Å². The third-order valence-corrected chi connectivity index (χ3v) is 5.95. The van der Waals surface area contributed by atoms with Crippen LogP contribution in [0.4, 0.5) is 11.6 Å². The van der Waals surface area contributed by atoms with Crippen LogP contribution in [0.5, 0.6) is 17.2 Å². The lowest BCUT2D eigenvalue weighted by molar-refractivity contribution is 0.279. The molecular formula is C25H34N6O3. The average molecular weight is 467 g/mol. The fourth-order valence-electron chi connectivity index (χ4n) is 4.28. The van der Waals surface area contributed by atoms with Crippen LogP contribution in [0.2, 0.25) is 0 Å². The van der Waals surface area contributed by atoms with E-state index in [4.69, 9.17) is 19.2 Å². The van der Waals surface area contributed by atoms with Gasteiger partial charge in [-0.3, -0.25) is 4.90 Å². The molecule has 9 nitrogen and oxygen atoms in total. The van der Waals surface area contributed by atoms with Crippen LogP contribution >= 0.6 is 0 Å². The summed E-state index contributed by atoms with van der Waals surface area (Å²) in [7, 11) is 4.78. The Morgan fingerprint density at radius 1 is 1.00 bits per heavy atom. The van der Waals surface area contributed by atoms with Crippen molar-refractivity contribution in [3.8, 4) is 23.1 Å². The highest BCUT2D eigenvalue weighted by Crippen LogP contribution is 2.40. The molecule has 1 saturated heterocycles. The number of rotatable bonds is 8. The molecule has 1 aliphatic rings. The number of aryl methyl sites for hydroxylation is 2. The van der Waals surface area contributed by atoms with E-state index in [1.54, 1.807) is 21.3 Å². The van der Waals surface area contributed by atoms with Crippen molar-refractivity contribution in [1.82, 2.24) is 24.8 Å². The summed E-state index contributed by atoms with van der Waals surface area (Å²) in [5.74, 6) is 3.02. The van der Waals surface area contributed by atoms with Gasteiger partial charge in [-0.25, -0.2) is 4.98 Å². The van der Waals surface area contributed by atoms with Gasteiger partial charge in [0.25, 0.3) is 0 Å². The molecule has 34 heavy (non-hydrogen) atoms. The van der Waals surface area contributed by atoms with Gasteiger partial charge < -0.3 is 29.4 Å². The minimum atomic E-state index is 0.492. The number of ether oxygens (including phenoxy) is 3. The standard InChI is InChI=1S/C25H34N6O3/c1-17-11-20(16-30-9-6-7-26-8-10-30)31(15-17)24-18(2)14-27-25(29-24)28-19-12-21(32-3)23(34-5)22(13-19)33-4/h11-15,26H,6-10,16H2,1-5H3,(H,27,28,29). The Hall–Kier alpha value is -3.30. The Balaban J connectivity index is 1.64. The molecule has 3 aromatic rings. The molecule has 0 radical (unpaired) electrons. The van der Waals surface area contributed by atoms with E-state index in [2.05, 4.69) is 44.3 Å². The summed E-state index contributed by atoms with van der Waals surface area (Å²) < 4.78 is 18.5. The minimum absolute atomic E-state index is 0.492. The quantitative estimate of drug-likeness (QED) is 0.522. The average Bonchev–Trinajstić information content (AvgIpc) is 3.02. The molecule has 4 rings (SSSR count). The second kappa shape index (κ2) is 10.8. The van der Waals surface area contributed by atoms with Crippen LogP contribution in [0.15, 0.2) is 30.6 Å². The van der Waals surface area contributed by atoms with Crippen molar-refractivity contribution >= 4 is 11.6 Å². The lowest BCUT2D eigenvalue weighted by Crippen LogP contribution is -2.28. The number of nitrogens with one attached hydrogen (secondary N) is 2. The van der Waals surface area contributed by atoms with E-state index in [9.17, 15) is 0 Å². The van der Waals surface area contributed by atoms with Crippen molar-refractivity contribution in [2.75, 3.05) is 52.8 Å². The SMILES string of the molecule is COc1cc(Nc2ncc(C)c(-n3cc(C)cc3CN3CCCNCC3)n2)cc(OC)c1OC. The third kappa shape index (κ3) is 5.26. The first-order valence-electron chi connectivity index (χ1n) is 11.5. The number of methoxy groups -OCH3 is 3. The van der Waals surface area contributed by atoms with E-state index < -0.39 is 0 Å². The smallest absolute Gasteiger partial charge is 0.229 e. The second-order valence-electron chi connectivity index (χ2n) is 8.50. The normalized spacial score (nSPS) is 14.5. The zero-order valence-electron chi connectivity index (χ0n) is 20.6. The first-order chi connectivity index (χ1) is 16.5. The van der Waals surface area contributed by atoms with Gasteiger partial charge in [0.2, 0.25) is 11.7 Å².